The van der Waals surface area contributed by atoms with Crippen LogP contribution < -0.4 is 10.6 Å². The van der Waals surface area contributed by atoms with Gasteiger partial charge in [0, 0.05) is 39.3 Å². The Labute approximate surface area is 127 Å². The maximum atomic E-state index is 12.0. The van der Waals surface area contributed by atoms with E-state index in [2.05, 4.69) is 10.6 Å². The summed E-state index contributed by atoms with van der Waals surface area (Å²) in [6.45, 7) is 7.36. The number of hydrogen-bond donors (Lipinski definition) is 2. The molecule has 2 saturated heterocycles. The first-order valence-electron chi connectivity index (χ1n) is 8.03. The fourth-order valence-corrected chi connectivity index (χ4v) is 3.43. The highest BCUT2D eigenvalue weighted by atomic mass is 16.2. The van der Waals surface area contributed by atoms with Gasteiger partial charge in [0.2, 0.25) is 0 Å². The molecule has 2 aliphatic heterocycles. The van der Waals surface area contributed by atoms with Gasteiger partial charge in [0.1, 0.15) is 0 Å². The summed E-state index contributed by atoms with van der Waals surface area (Å²) >= 11 is 0. The van der Waals surface area contributed by atoms with Gasteiger partial charge in [0.15, 0.2) is 0 Å². The van der Waals surface area contributed by atoms with Gasteiger partial charge in [-0.15, -0.1) is 0 Å². The topological polar surface area (TPSA) is 64.7 Å². The average molecular weight is 296 g/mol. The molecule has 21 heavy (non-hydrogen) atoms. The van der Waals surface area contributed by atoms with Gasteiger partial charge in [-0.2, -0.15) is 0 Å². The number of amides is 4. The van der Waals surface area contributed by atoms with Crippen LogP contribution >= 0.6 is 0 Å². The van der Waals surface area contributed by atoms with Crippen LogP contribution in [0.3, 0.4) is 0 Å². The molecule has 0 aliphatic carbocycles. The summed E-state index contributed by atoms with van der Waals surface area (Å²) in [7, 11) is 1.68. The molecule has 120 valence electrons. The predicted octanol–water partition coefficient (Wildman–Crippen LogP) is 1.48. The fourth-order valence-electron chi connectivity index (χ4n) is 3.43. The zero-order valence-corrected chi connectivity index (χ0v) is 13.4. The van der Waals surface area contributed by atoms with Gasteiger partial charge < -0.3 is 20.4 Å². The minimum atomic E-state index is 0.0257. The zero-order chi connectivity index (χ0) is 15.4. The molecule has 1 atom stereocenters. The van der Waals surface area contributed by atoms with E-state index in [-0.39, 0.29) is 18.1 Å². The SMILES string of the molecule is CNC(=O)N1CCC(C2CCN(C(=O)NC(C)C)C2)CC1. The summed E-state index contributed by atoms with van der Waals surface area (Å²) in [6.07, 6.45) is 3.20. The van der Waals surface area contributed by atoms with Crippen LogP contribution in [-0.2, 0) is 0 Å². The van der Waals surface area contributed by atoms with E-state index in [0.717, 1.165) is 45.4 Å². The fraction of sp³-hybridized carbons (Fsp3) is 0.867. The number of urea groups is 2. The largest absolute Gasteiger partial charge is 0.341 e. The molecule has 4 amide bonds. The normalized spacial score (nSPS) is 23.5. The summed E-state index contributed by atoms with van der Waals surface area (Å²) in [5.74, 6) is 1.23. The van der Waals surface area contributed by atoms with Crippen LogP contribution in [0.2, 0.25) is 0 Å². The number of carbonyl (C=O) groups excluding carboxylic acids is 2. The van der Waals surface area contributed by atoms with Crippen LogP contribution in [0.1, 0.15) is 33.1 Å². The Morgan fingerprint density at radius 3 is 2.10 bits per heavy atom. The molecule has 2 N–H and O–H groups in total. The van der Waals surface area contributed by atoms with Crippen molar-refractivity contribution in [2.75, 3.05) is 33.2 Å². The van der Waals surface area contributed by atoms with E-state index in [4.69, 9.17) is 0 Å². The van der Waals surface area contributed by atoms with Gasteiger partial charge >= 0.3 is 12.1 Å². The van der Waals surface area contributed by atoms with Gasteiger partial charge in [-0.3, -0.25) is 0 Å². The van der Waals surface area contributed by atoms with Crippen molar-refractivity contribution < 1.29 is 9.59 Å². The molecule has 0 radical (unpaired) electrons. The molecule has 2 fully saturated rings. The monoisotopic (exact) mass is 296 g/mol. The lowest BCUT2D eigenvalue weighted by Gasteiger charge is -2.34. The molecule has 0 spiro atoms. The maximum absolute atomic E-state index is 12.0. The minimum absolute atomic E-state index is 0.0257. The molecule has 6 nitrogen and oxygen atoms in total. The lowest BCUT2D eigenvalue weighted by Crippen LogP contribution is -2.45. The van der Waals surface area contributed by atoms with Gasteiger partial charge in [0.05, 0.1) is 0 Å². The molecule has 0 aromatic carbocycles. The van der Waals surface area contributed by atoms with Crippen LogP contribution in [0.4, 0.5) is 9.59 Å². The first kappa shape index (κ1) is 15.9. The van der Waals surface area contributed by atoms with Crippen LogP contribution in [0.25, 0.3) is 0 Å². The predicted molar refractivity (Wildman–Crippen MR) is 82.1 cm³/mol. The number of rotatable bonds is 2. The Balaban J connectivity index is 1.78. The molecule has 6 heteroatoms. The lowest BCUT2D eigenvalue weighted by atomic mass is 9.84. The van der Waals surface area contributed by atoms with Crippen molar-refractivity contribution in [3.05, 3.63) is 0 Å². The van der Waals surface area contributed by atoms with Gasteiger partial charge in [0.25, 0.3) is 0 Å². The number of nitrogens with one attached hydrogen (secondary N) is 2. The highest BCUT2D eigenvalue weighted by Gasteiger charge is 2.34. The van der Waals surface area contributed by atoms with E-state index in [0.29, 0.717) is 11.8 Å². The number of hydrogen-bond acceptors (Lipinski definition) is 2. The molecule has 0 aromatic heterocycles. The van der Waals surface area contributed by atoms with E-state index in [1.165, 1.54) is 0 Å². The highest BCUT2D eigenvalue weighted by molar-refractivity contribution is 5.75. The second kappa shape index (κ2) is 7.00. The van der Waals surface area contributed by atoms with Gasteiger partial charge in [-0.05, 0) is 44.9 Å². The van der Waals surface area contributed by atoms with Crippen molar-refractivity contribution in [1.82, 2.24) is 20.4 Å². The van der Waals surface area contributed by atoms with Crippen LogP contribution in [-0.4, -0.2) is 61.1 Å². The zero-order valence-electron chi connectivity index (χ0n) is 13.4. The Hall–Kier alpha value is -1.46. The summed E-state index contributed by atoms with van der Waals surface area (Å²) in [6, 6.07) is 0.278. The van der Waals surface area contributed by atoms with Crippen LogP contribution in [0, 0.1) is 11.8 Å². The lowest BCUT2D eigenvalue weighted by molar-refractivity contribution is 0.151. The molecular weight excluding hydrogens is 268 g/mol. The van der Waals surface area contributed by atoms with Gasteiger partial charge in [-0.25, -0.2) is 9.59 Å². The first-order valence-corrected chi connectivity index (χ1v) is 8.03. The average Bonchev–Trinajstić information content (AvgIpc) is 2.96. The molecule has 2 heterocycles. The summed E-state index contributed by atoms with van der Waals surface area (Å²) < 4.78 is 0. The third kappa shape index (κ3) is 4.02. The second-order valence-electron chi connectivity index (χ2n) is 6.48. The Morgan fingerprint density at radius 1 is 0.952 bits per heavy atom. The number of carbonyl (C=O) groups is 2. The molecule has 2 aliphatic rings. The van der Waals surface area contributed by atoms with Crippen molar-refractivity contribution in [2.24, 2.45) is 11.8 Å². The van der Waals surface area contributed by atoms with E-state index in [1.54, 1.807) is 7.05 Å². The summed E-state index contributed by atoms with van der Waals surface area (Å²) in [5.41, 5.74) is 0. The van der Waals surface area contributed by atoms with Gasteiger partial charge in [-0.1, -0.05) is 0 Å². The summed E-state index contributed by atoms with van der Waals surface area (Å²) in [5, 5.41) is 5.65. The Kier molecular flexibility index (Phi) is 5.31. The highest BCUT2D eigenvalue weighted by Crippen LogP contribution is 2.31. The molecule has 0 bridgehead atoms. The summed E-state index contributed by atoms with van der Waals surface area (Å²) in [4.78, 5) is 27.4. The smallest absolute Gasteiger partial charge is 0.317 e. The third-order valence-corrected chi connectivity index (χ3v) is 4.63. The van der Waals surface area contributed by atoms with E-state index < -0.39 is 0 Å². The first-order chi connectivity index (χ1) is 10.0. The van der Waals surface area contributed by atoms with Crippen molar-refractivity contribution in [1.29, 1.82) is 0 Å². The maximum Gasteiger partial charge on any atom is 0.317 e. The van der Waals surface area contributed by atoms with E-state index in [1.807, 2.05) is 23.6 Å². The van der Waals surface area contributed by atoms with Crippen molar-refractivity contribution in [3.63, 3.8) is 0 Å². The van der Waals surface area contributed by atoms with Crippen molar-refractivity contribution >= 4 is 12.1 Å². The molecule has 1 unspecified atom stereocenters. The molecule has 0 saturated carbocycles. The van der Waals surface area contributed by atoms with E-state index >= 15 is 0 Å². The minimum Gasteiger partial charge on any atom is -0.341 e. The quantitative estimate of drug-likeness (QED) is 0.810. The number of piperidine rings is 1. The third-order valence-electron chi connectivity index (χ3n) is 4.63. The molecule has 0 aromatic rings. The van der Waals surface area contributed by atoms with Crippen LogP contribution in [0.5, 0.6) is 0 Å². The molecular formula is C15H28N4O2. The number of nitrogens with zero attached hydrogens (tertiary/aromatic N) is 2. The Morgan fingerprint density at radius 2 is 1.52 bits per heavy atom. The van der Waals surface area contributed by atoms with Crippen molar-refractivity contribution in [2.45, 2.75) is 39.2 Å². The number of likely N-dealkylation sites (tertiary alicyclic amines) is 2. The van der Waals surface area contributed by atoms with Crippen LogP contribution in [0.15, 0.2) is 0 Å². The molecule has 2 rings (SSSR count). The second-order valence-corrected chi connectivity index (χ2v) is 6.48. The Bertz CT molecular complexity index is 378. The van der Waals surface area contributed by atoms with Crippen molar-refractivity contribution in [3.8, 4) is 0 Å². The van der Waals surface area contributed by atoms with E-state index in [9.17, 15) is 9.59 Å². The standard InChI is InChI=1S/C15H28N4O2/c1-11(2)17-15(21)19-9-6-13(10-19)12-4-7-18(8-5-12)14(20)16-3/h11-13H,4-10H2,1-3H3,(H,16,20)(H,17,21).